The lowest BCUT2D eigenvalue weighted by Gasteiger charge is -2.63. The topological polar surface area (TPSA) is 123 Å². The molecular weight excluding hydrogens is 518 g/mol. The Hall–Kier alpha value is -2.01. The first-order valence-electron chi connectivity index (χ1n) is 14.5. The van der Waals surface area contributed by atoms with Gasteiger partial charge in [-0.3, -0.25) is 4.79 Å². The number of carbonyl (C=O) groups is 2. The number of aliphatic hydroxyl groups is 1. The standard InChI is InChI=1S/C30H42BFO8/c1-16-8-10-30-11-9-21(38-5)25(30)29(16,4)19(14-28(3,12-13-33)26(34)17(30)2)24(27(35)36)40-20-7-6-18-15-39-31(37)22(18)23(20)32/h6-7,16-17,19,21,24-25,33,37H,8-15H2,1-5H3,(H,35,36)/t16-,17+,19+,21-,24?,25-,28+,29-,30+/m1/s1. The van der Waals surface area contributed by atoms with E-state index >= 15 is 4.39 Å². The maximum absolute atomic E-state index is 15.6. The van der Waals surface area contributed by atoms with Crippen molar-refractivity contribution in [2.75, 3.05) is 13.7 Å². The van der Waals surface area contributed by atoms with Crippen molar-refractivity contribution in [3.05, 3.63) is 23.5 Å². The minimum absolute atomic E-state index is 0.0398. The fraction of sp³-hybridized carbons (Fsp3) is 0.733. The summed E-state index contributed by atoms with van der Waals surface area (Å²) in [6, 6.07) is 2.97. The van der Waals surface area contributed by atoms with Crippen molar-refractivity contribution in [2.24, 2.45) is 39.9 Å². The van der Waals surface area contributed by atoms with Gasteiger partial charge in [-0.15, -0.1) is 0 Å². The summed E-state index contributed by atoms with van der Waals surface area (Å²) in [5, 5.41) is 30.9. The molecule has 10 heteroatoms. The van der Waals surface area contributed by atoms with Gasteiger partial charge in [0.25, 0.3) is 0 Å². The number of hydrogen-bond acceptors (Lipinski definition) is 7. The first kappa shape index (κ1) is 29.5. The van der Waals surface area contributed by atoms with E-state index in [4.69, 9.17) is 14.1 Å². The van der Waals surface area contributed by atoms with Gasteiger partial charge >= 0.3 is 13.1 Å². The highest BCUT2D eigenvalue weighted by atomic mass is 19.1. The minimum atomic E-state index is -1.48. The van der Waals surface area contributed by atoms with Crippen LogP contribution in [0.4, 0.5) is 4.39 Å². The molecular formula is C30H42BFO8. The molecule has 0 aromatic heterocycles. The average Bonchev–Trinajstić information content (AvgIpc) is 3.50. The molecule has 3 aliphatic carbocycles. The van der Waals surface area contributed by atoms with Crippen molar-refractivity contribution in [3.8, 4) is 5.75 Å². The van der Waals surface area contributed by atoms with Crippen LogP contribution in [-0.4, -0.2) is 60.0 Å². The van der Waals surface area contributed by atoms with Gasteiger partial charge in [-0.25, -0.2) is 9.18 Å². The lowest BCUT2D eigenvalue weighted by Crippen LogP contribution is -2.63. The molecule has 0 saturated heterocycles. The van der Waals surface area contributed by atoms with E-state index in [-0.39, 0.29) is 72.3 Å². The molecule has 0 radical (unpaired) electrons. The fourth-order valence-corrected chi connectivity index (χ4v) is 9.34. The van der Waals surface area contributed by atoms with Crippen LogP contribution in [-0.2, 0) is 25.6 Å². The molecule has 3 N–H and O–H groups in total. The van der Waals surface area contributed by atoms with Crippen LogP contribution in [0.5, 0.6) is 5.75 Å². The maximum Gasteiger partial charge on any atom is 0.494 e. The predicted octanol–water partition coefficient (Wildman–Crippen LogP) is 3.34. The average molecular weight is 560 g/mol. The number of fused-ring (bicyclic) bond motifs is 1. The third kappa shape index (κ3) is 4.16. The third-order valence-electron chi connectivity index (χ3n) is 11.7. The number of halogens is 1. The van der Waals surface area contributed by atoms with Crippen LogP contribution >= 0.6 is 0 Å². The molecule has 3 saturated carbocycles. The van der Waals surface area contributed by atoms with E-state index in [9.17, 15) is 24.8 Å². The number of Topliss-reactive ketones (excluding diaryl/α,β-unsaturated/α-hetero) is 1. The largest absolute Gasteiger partial charge is 0.494 e. The second kappa shape index (κ2) is 10.4. The Morgan fingerprint density at radius 2 is 1.95 bits per heavy atom. The number of hydrogen-bond donors (Lipinski definition) is 3. The Bertz CT molecular complexity index is 1180. The zero-order valence-electron chi connectivity index (χ0n) is 24.1. The Balaban J connectivity index is 1.68. The van der Waals surface area contributed by atoms with Crippen molar-refractivity contribution in [1.29, 1.82) is 0 Å². The highest BCUT2D eigenvalue weighted by Gasteiger charge is 2.69. The number of benzene rings is 1. The van der Waals surface area contributed by atoms with Crippen molar-refractivity contribution < 1.29 is 43.3 Å². The van der Waals surface area contributed by atoms with Crippen LogP contribution in [0.1, 0.15) is 71.8 Å². The van der Waals surface area contributed by atoms with Gasteiger partial charge in [-0.2, -0.15) is 0 Å². The summed E-state index contributed by atoms with van der Waals surface area (Å²) in [6.45, 7) is 7.95. The van der Waals surface area contributed by atoms with Gasteiger partial charge in [-0.05, 0) is 72.8 Å². The lowest BCUT2D eigenvalue weighted by molar-refractivity contribution is -0.194. The summed E-state index contributed by atoms with van der Waals surface area (Å²) in [4.78, 5) is 27.4. The van der Waals surface area contributed by atoms with Crippen LogP contribution in [0.25, 0.3) is 0 Å². The molecule has 8 nitrogen and oxygen atoms in total. The highest BCUT2D eigenvalue weighted by molar-refractivity contribution is 6.61. The number of aliphatic hydroxyl groups excluding tert-OH is 1. The zero-order chi connectivity index (χ0) is 29.2. The van der Waals surface area contributed by atoms with Gasteiger partial charge in [0.1, 0.15) is 5.78 Å². The number of carbonyl (C=O) groups excluding carboxylic acids is 1. The van der Waals surface area contributed by atoms with Gasteiger partial charge in [0, 0.05) is 36.4 Å². The van der Waals surface area contributed by atoms with Gasteiger partial charge in [-0.1, -0.05) is 33.8 Å². The number of carboxylic acid groups (broad SMARTS) is 1. The van der Waals surface area contributed by atoms with E-state index in [0.29, 0.717) is 5.56 Å². The molecule has 40 heavy (non-hydrogen) atoms. The Labute approximate surface area is 235 Å². The fourth-order valence-electron chi connectivity index (χ4n) is 9.34. The molecule has 1 aromatic carbocycles. The summed E-state index contributed by atoms with van der Waals surface area (Å²) < 4.78 is 33.0. The molecule has 220 valence electrons. The van der Waals surface area contributed by atoms with Crippen molar-refractivity contribution in [1.82, 2.24) is 0 Å². The van der Waals surface area contributed by atoms with Gasteiger partial charge < -0.3 is 29.4 Å². The molecule has 1 heterocycles. The van der Waals surface area contributed by atoms with E-state index in [1.165, 1.54) is 6.07 Å². The van der Waals surface area contributed by atoms with Crippen LogP contribution in [0.2, 0.25) is 0 Å². The number of aliphatic carboxylic acids is 1. The van der Waals surface area contributed by atoms with E-state index < -0.39 is 41.8 Å². The molecule has 4 aliphatic rings. The minimum Gasteiger partial charge on any atom is -0.478 e. The van der Waals surface area contributed by atoms with E-state index in [2.05, 4.69) is 13.8 Å². The lowest BCUT2D eigenvalue weighted by atomic mass is 9.41. The van der Waals surface area contributed by atoms with E-state index in [1.807, 2.05) is 13.8 Å². The SMILES string of the molecule is CO[C@@H]1CC[C@@]23CC[C@@H](C)[C@](C)([C@H](C(Oc4ccc5c(c4F)B(O)OC5)C(=O)O)C[C@](C)(CCO)C(=O)[C@@H]2C)[C@@H]13. The molecule has 0 amide bonds. The Morgan fingerprint density at radius 1 is 1.25 bits per heavy atom. The Morgan fingerprint density at radius 3 is 2.60 bits per heavy atom. The summed E-state index contributed by atoms with van der Waals surface area (Å²) in [7, 11) is 0.231. The molecule has 5 rings (SSSR count). The number of carboxylic acids is 1. The second-order valence-electron chi connectivity index (χ2n) is 13.3. The number of methoxy groups -OCH3 is 1. The highest BCUT2D eigenvalue weighted by Crippen LogP contribution is 2.70. The van der Waals surface area contributed by atoms with Gasteiger partial charge in [0.15, 0.2) is 17.7 Å². The third-order valence-corrected chi connectivity index (χ3v) is 11.7. The van der Waals surface area contributed by atoms with E-state index in [1.54, 1.807) is 13.2 Å². The van der Waals surface area contributed by atoms with Crippen LogP contribution in [0.3, 0.4) is 0 Å². The predicted molar refractivity (Wildman–Crippen MR) is 145 cm³/mol. The van der Waals surface area contributed by atoms with Crippen molar-refractivity contribution in [3.63, 3.8) is 0 Å². The number of ketones is 1. The van der Waals surface area contributed by atoms with Crippen molar-refractivity contribution in [2.45, 2.75) is 85.0 Å². The summed E-state index contributed by atoms with van der Waals surface area (Å²) in [5.74, 6) is -3.30. The second-order valence-corrected chi connectivity index (χ2v) is 13.3. The van der Waals surface area contributed by atoms with Crippen LogP contribution < -0.4 is 10.2 Å². The molecule has 2 bridgehead atoms. The molecule has 3 fully saturated rings. The maximum atomic E-state index is 15.6. The van der Waals surface area contributed by atoms with Gasteiger partial charge in [0.2, 0.25) is 0 Å². The van der Waals surface area contributed by atoms with Crippen molar-refractivity contribution >= 4 is 24.3 Å². The monoisotopic (exact) mass is 560 g/mol. The molecule has 0 spiro atoms. The first-order chi connectivity index (χ1) is 18.9. The molecule has 1 unspecified atom stereocenters. The normalized spacial score (nSPS) is 39.8. The quantitative estimate of drug-likeness (QED) is 0.435. The first-order valence-corrected chi connectivity index (χ1v) is 14.5. The van der Waals surface area contributed by atoms with E-state index in [0.717, 1.165) is 25.7 Å². The number of rotatable bonds is 7. The number of ether oxygens (including phenoxy) is 2. The molecule has 1 aromatic rings. The molecule has 1 aliphatic heterocycles. The summed E-state index contributed by atoms with van der Waals surface area (Å²) >= 11 is 0. The van der Waals surface area contributed by atoms with Crippen LogP contribution in [0, 0.1) is 45.7 Å². The Kier molecular flexibility index (Phi) is 7.64. The summed E-state index contributed by atoms with van der Waals surface area (Å²) in [6.07, 6.45) is 2.02. The zero-order valence-corrected chi connectivity index (χ0v) is 24.1. The van der Waals surface area contributed by atoms with Gasteiger partial charge in [0.05, 0.1) is 12.7 Å². The molecule has 9 atom stereocenters. The smallest absolute Gasteiger partial charge is 0.478 e. The van der Waals surface area contributed by atoms with Crippen LogP contribution in [0.15, 0.2) is 12.1 Å². The summed E-state index contributed by atoms with van der Waals surface area (Å²) in [5.41, 5.74) is -1.54.